The SMILES string of the molecule is O=S(=O)(CCCCCl)NCCOCC(F)(F)F. The van der Waals surface area contributed by atoms with Crippen LogP contribution in [0.3, 0.4) is 0 Å². The largest absolute Gasteiger partial charge is 0.411 e. The second kappa shape index (κ2) is 8.12. The maximum Gasteiger partial charge on any atom is 0.411 e. The molecule has 9 heteroatoms. The van der Waals surface area contributed by atoms with Crippen molar-refractivity contribution in [2.45, 2.75) is 19.0 Å². The first-order valence-electron chi connectivity index (χ1n) is 4.94. The molecule has 0 aromatic heterocycles. The van der Waals surface area contributed by atoms with E-state index in [0.29, 0.717) is 18.7 Å². The molecule has 17 heavy (non-hydrogen) atoms. The Morgan fingerprint density at radius 2 is 1.88 bits per heavy atom. The van der Waals surface area contributed by atoms with Crippen LogP contribution in [0.25, 0.3) is 0 Å². The highest BCUT2D eigenvalue weighted by molar-refractivity contribution is 7.89. The molecule has 104 valence electrons. The Hall–Kier alpha value is -0.0500. The molecule has 1 N–H and O–H groups in total. The van der Waals surface area contributed by atoms with E-state index >= 15 is 0 Å². The van der Waals surface area contributed by atoms with Crippen LogP contribution in [0.4, 0.5) is 13.2 Å². The average Bonchev–Trinajstić information content (AvgIpc) is 2.15. The molecular weight excluding hydrogens is 283 g/mol. The van der Waals surface area contributed by atoms with E-state index in [1.807, 2.05) is 0 Å². The second-order valence-electron chi connectivity index (χ2n) is 3.28. The fourth-order valence-corrected chi connectivity index (χ4v) is 2.23. The summed E-state index contributed by atoms with van der Waals surface area (Å²) in [6, 6.07) is 0. The van der Waals surface area contributed by atoms with Gasteiger partial charge in [-0.25, -0.2) is 13.1 Å². The van der Waals surface area contributed by atoms with E-state index in [-0.39, 0.29) is 18.9 Å². The lowest BCUT2D eigenvalue weighted by molar-refractivity contribution is -0.173. The van der Waals surface area contributed by atoms with Crippen LogP contribution in [0.1, 0.15) is 12.8 Å². The fourth-order valence-electron chi connectivity index (χ4n) is 0.916. The number of halogens is 4. The van der Waals surface area contributed by atoms with Gasteiger partial charge in [-0.3, -0.25) is 0 Å². The molecule has 0 rings (SSSR count). The quantitative estimate of drug-likeness (QED) is 0.518. The Balaban J connectivity index is 3.59. The maximum absolute atomic E-state index is 11.6. The molecule has 0 bridgehead atoms. The summed E-state index contributed by atoms with van der Waals surface area (Å²) in [5.41, 5.74) is 0. The fraction of sp³-hybridized carbons (Fsp3) is 1.00. The van der Waals surface area contributed by atoms with Gasteiger partial charge in [-0.15, -0.1) is 11.6 Å². The number of nitrogens with one attached hydrogen (secondary N) is 1. The number of unbranched alkanes of at least 4 members (excludes halogenated alkanes) is 1. The molecular formula is C8H15ClF3NO3S. The zero-order valence-corrected chi connectivity index (χ0v) is 10.7. The molecule has 0 unspecified atom stereocenters. The molecule has 0 aliphatic rings. The van der Waals surface area contributed by atoms with E-state index in [4.69, 9.17) is 11.6 Å². The van der Waals surface area contributed by atoms with Crippen LogP contribution in [0, 0.1) is 0 Å². The molecule has 0 saturated heterocycles. The molecule has 0 spiro atoms. The van der Waals surface area contributed by atoms with Crippen LogP contribution >= 0.6 is 11.6 Å². The van der Waals surface area contributed by atoms with E-state index in [1.54, 1.807) is 0 Å². The van der Waals surface area contributed by atoms with E-state index in [2.05, 4.69) is 9.46 Å². The summed E-state index contributed by atoms with van der Waals surface area (Å²) in [7, 11) is -3.44. The van der Waals surface area contributed by atoms with Crippen LogP contribution < -0.4 is 4.72 Å². The topological polar surface area (TPSA) is 55.4 Å². The zero-order chi connectivity index (χ0) is 13.4. The highest BCUT2D eigenvalue weighted by atomic mass is 35.5. The van der Waals surface area contributed by atoms with Crippen molar-refractivity contribution in [3.05, 3.63) is 0 Å². The van der Waals surface area contributed by atoms with Crippen molar-refractivity contribution in [3.63, 3.8) is 0 Å². The first-order chi connectivity index (χ1) is 7.77. The Labute approximate surface area is 104 Å². The Kier molecular flexibility index (Phi) is 8.10. The van der Waals surface area contributed by atoms with Gasteiger partial charge in [0.15, 0.2) is 0 Å². The van der Waals surface area contributed by atoms with Crippen LogP contribution in [-0.2, 0) is 14.8 Å². The minimum absolute atomic E-state index is 0.0843. The lowest BCUT2D eigenvalue weighted by Crippen LogP contribution is -2.30. The van der Waals surface area contributed by atoms with E-state index < -0.39 is 22.8 Å². The van der Waals surface area contributed by atoms with Crippen molar-refractivity contribution < 1.29 is 26.3 Å². The van der Waals surface area contributed by atoms with Gasteiger partial charge in [0.1, 0.15) is 6.61 Å². The summed E-state index contributed by atoms with van der Waals surface area (Å²) < 4.78 is 63.8. The van der Waals surface area contributed by atoms with Gasteiger partial charge in [-0.2, -0.15) is 13.2 Å². The molecule has 0 aliphatic heterocycles. The van der Waals surface area contributed by atoms with Gasteiger partial charge in [0.05, 0.1) is 12.4 Å². The first kappa shape index (κ1) is 16.9. The minimum Gasteiger partial charge on any atom is -0.371 e. The van der Waals surface area contributed by atoms with Gasteiger partial charge in [0.2, 0.25) is 10.0 Å². The molecule has 0 amide bonds. The highest BCUT2D eigenvalue weighted by Gasteiger charge is 2.27. The first-order valence-corrected chi connectivity index (χ1v) is 7.13. The Morgan fingerprint density at radius 3 is 2.41 bits per heavy atom. The van der Waals surface area contributed by atoms with E-state index in [9.17, 15) is 21.6 Å². The third-order valence-electron chi connectivity index (χ3n) is 1.63. The summed E-state index contributed by atoms with van der Waals surface area (Å²) in [6.45, 7) is -1.85. The standard InChI is InChI=1S/C8H15ClF3NO3S/c9-3-1-2-6-17(14,15)13-4-5-16-7-8(10,11)12/h13H,1-7H2. The van der Waals surface area contributed by atoms with Crippen LogP contribution in [0.15, 0.2) is 0 Å². The predicted octanol–water partition coefficient (Wildman–Crippen LogP) is 1.50. The molecule has 0 heterocycles. The van der Waals surface area contributed by atoms with Crippen molar-refractivity contribution in [2.24, 2.45) is 0 Å². The Morgan fingerprint density at radius 1 is 1.24 bits per heavy atom. The number of hydrogen-bond donors (Lipinski definition) is 1. The molecule has 4 nitrogen and oxygen atoms in total. The summed E-state index contributed by atoms with van der Waals surface area (Å²) in [5, 5.41) is 0. The van der Waals surface area contributed by atoms with Gasteiger partial charge in [-0.05, 0) is 12.8 Å². The number of rotatable bonds is 9. The van der Waals surface area contributed by atoms with Crippen LogP contribution in [0.2, 0.25) is 0 Å². The van der Waals surface area contributed by atoms with Crippen molar-refractivity contribution in [2.75, 3.05) is 31.4 Å². The lowest BCUT2D eigenvalue weighted by atomic mass is 10.4. The number of hydrogen-bond acceptors (Lipinski definition) is 3. The van der Waals surface area contributed by atoms with Crippen LogP contribution in [-0.4, -0.2) is 46.0 Å². The van der Waals surface area contributed by atoms with Crippen molar-refractivity contribution in [3.8, 4) is 0 Å². The van der Waals surface area contributed by atoms with Gasteiger partial charge in [-0.1, -0.05) is 0 Å². The summed E-state index contributed by atoms with van der Waals surface area (Å²) in [4.78, 5) is 0. The number of sulfonamides is 1. The van der Waals surface area contributed by atoms with E-state index in [0.717, 1.165) is 0 Å². The zero-order valence-electron chi connectivity index (χ0n) is 9.09. The summed E-state index contributed by atoms with van der Waals surface area (Å²) in [5.74, 6) is 0.295. The third-order valence-corrected chi connectivity index (χ3v) is 3.37. The van der Waals surface area contributed by atoms with Gasteiger partial charge in [0.25, 0.3) is 0 Å². The maximum atomic E-state index is 11.6. The van der Waals surface area contributed by atoms with E-state index in [1.165, 1.54) is 0 Å². The minimum atomic E-state index is -4.39. The van der Waals surface area contributed by atoms with Crippen LogP contribution in [0.5, 0.6) is 0 Å². The number of alkyl halides is 4. The molecule has 0 radical (unpaired) electrons. The second-order valence-corrected chi connectivity index (χ2v) is 5.58. The van der Waals surface area contributed by atoms with Gasteiger partial charge >= 0.3 is 6.18 Å². The average molecular weight is 298 g/mol. The summed E-state index contributed by atoms with van der Waals surface area (Å²) in [6.07, 6.45) is -3.39. The van der Waals surface area contributed by atoms with Crippen molar-refractivity contribution in [1.29, 1.82) is 0 Å². The van der Waals surface area contributed by atoms with Crippen molar-refractivity contribution in [1.82, 2.24) is 4.72 Å². The monoisotopic (exact) mass is 297 g/mol. The molecule has 0 atom stereocenters. The molecule has 0 aliphatic carbocycles. The predicted molar refractivity (Wildman–Crippen MR) is 58.6 cm³/mol. The third kappa shape index (κ3) is 12.2. The Bertz CT molecular complexity index is 295. The molecule has 0 aromatic rings. The smallest absolute Gasteiger partial charge is 0.371 e. The summed E-state index contributed by atoms with van der Waals surface area (Å²) >= 11 is 5.38. The number of ether oxygens (including phenoxy) is 1. The normalized spacial score (nSPS) is 12.9. The molecule has 0 aromatic carbocycles. The van der Waals surface area contributed by atoms with Crippen molar-refractivity contribution >= 4 is 21.6 Å². The van der Waals surface area contributed by atoms with Gasteiger partial charge < -0.3 is 4.74 Å². The van der Waals surface area contributed by atoms with Gasteiger partial charge in [0, 0.05) is 12.4 Å². The highest BCUT2D eigenvalue weighted by Crippen LogP contribution is 2.13. The lowest BCUT2D eigenvalue weighted by Gasteiger charge is -2.08. The molecule has 0 saturated carbocycles. The molecule has 0 fully saturated rings.